The number of rotatable bonds is 4. The van der Waals surface area contributed by atoms with Crippen molar-refractivity contribution >= 4 is 27.7 Å². The van der Waals surface area contributed by atoms with Crippen molar-refractivity contribution in [3.8, 4) is 23.1 Å². The fraction of sp³-hybridized carbons (Fsp3) is 0.0556. The molecule has 25 heavy (non-hydrogen) atoms. The lowest BCUT2D eigenvalue weighted by molar-refractivity contribution is 0.307. The average molecular weight is 396 g/mol. The van der Waals surface area contributed by atoms with Crippen LogP contribution in [0.3, 0.4) is 0 Å². The number of hydrogen-bond donors (Lipinski definition) is 2. The summed E-state index contributed by atoms with van der Waals surface area (Å²) < 4.78 is 6.93. The maximum Gasteiger partial charge on any atom is 0.222 e. The summed E-state index contributed by atoms with van der Waals surface area (Å²) in [4.78, 5) is 8.02. The molecule has 0 aliphatic heterocycles. The lowest BCUT2D eigenvalue weighted by Gasteiger charge is -2.13. The smallest absolute Gasteiger partial charge is 0.222 e. The Morgan fingerprint density at radius 2 is 1.76 bits per heavy atom. The van der Waals surface area contributed by atoms with Crippen molar-refractivity contribution in [1.82, 2.24) is 9.97 Å². The SMILES string of the molecule is N#Cc1c(N)nc(N)nc1-c1ccccc1OCc1ccc(Br)cc1. The average Bonchev–Trinajstić information content (AvgIpc) is 2.61. The van der Waals surface area contributed by atoms with Gasteiger partial charge in [0, 0.05) is 10.0 Å². The van der Waals surface area contributed by atoms with Gasteiger partial charge in [-0.1, -0.05) is 40.2 Å². The molecule has 0 bridgehead atoms. The number of nitrogens with zero attached hydrogens (tertiary/aromatic N) is 3. The van der Waals surface area contributed by atoms with E-state index in [1.165, 1.54) is 0 Å². The summed E-state index contributed by atoms with van der Waals surface area (Å²) in [6, 6.07) is 17.2. The normalized spacial score (nSPS) is 10.2. The fourth-order valence-electron chi connectivity index (χ4n) is 2.33. The van der Waals surface area contributed by atoms with Crippen LogP contribution >= 0.6 is 15.9 Å². The summed E-state index contributed by atoms with van der Waals surface area (Å²) in [6.07, 6.45) is 0. The molecular weight excluding hydrogens is 382 g/mol. The van der Waals surface area contributed by atoms with Gasteiger partial charge in [0.15, 0.2) is 0 Å². The van der Waals surface area contributed by atoms with Crippen LogP contribution < -0.4 is 16.2 Å². The second kappa shape index (κ2) is 7.20. The molecule has 1 heterocycles. The van der Waals surface area contributed by atoms with E-state index in [-0.39, 0.29) is 17.3 Å². The Morgan fingerprint density at radius 3 is 2.48 bits per heavy atom. The number of ether oxygens (including phenoxy) is 1. The monoisotopic (exact) mass is 395 g/mol. The van der Waals surface area contributed by atoms with Crippen LogP contribution in [-0.2, 0) is 6.61 Å². The van der Waals surface area contributed by atoms with E-state index in [9.17, 15) is 5.26 Å². The first-order valence-corrected chi connectivity index (χ1v) is 8.17. The molecule has 0 amide bonds. The minimum atomic E-state index is 0.00853. The Bertz CT molecular complexity index is 951. The number of halogens is 1. The highest BCUT2D eigenvalue weighted by molar-refractivity contribution is 9.10. The van der Waals surface area contributed by atoms with Gasteiger partial charge in [-0.25, -0.2) is 4.98 Å². The zero-order valence-corrected chi connectivity index (χ0v) is 14.7. The number of nitriles is 1. The van der Waals surface area contributed by atoms with Crippen LogP contribution in [0.25, 0.3) is 11.3 Å². The molecule has 0 saturated carbocycles. The third-order valence-electron chi connectivity index (χ3n) is 3.52. The molecule has 0 unspecified atom stereocenters. The zero-order chi connectivity index (χ0) is 17.8. The van der Waals surface area contributed by atoms with Gasteiger partial charge < -0.3 is 16.2 Å². The summed E-state index contributed by atoms with van der Waals surface area (Å²) in [5, 5.41) is 9.38. The lowest BCUT2D eigenvalue weighted by Crippen LogP contribution is -2.06. The Morgan fingerprint density at radius 1 is 1.04 bits per heavy atom. The molecule has 0 aliphatic carbocycles. The van der Waals surface area contributed by atoms with Gasteiger partial charge in [0.1, 0.15) is 29.8 Å². The highest BCUT2D eigenvalue weighted by Crippen LogP contribution is 2.33. The summed E-state index contributed by atoms with van der Waals surface area (Å²) >= 11 is 3.40. The Balaban J connectivity index is 1.97. The molecule has 0 aliphatic rings. The standard InChI is InChI=1S/C18H14BrN5O/c19-12-7-5-11(6-8-12)10-25-15-4-2-1-3-13(15)16-14(9-20)17(21)24-18(22)23-16/h1-8H,10H2,(H4,21,22,23,24). The minimum Gasteiger partial charge on any atom is -0.488 e. The number of hydrogen-bond acceptors (Lipinski definition) is 6. The van der Waals surface area contributed by atoms with Crippen molar-refractivity contribution in [3.05, 3.63) is 64.1 Å². The number of nitrogen functional groups attached to an aromatic ring is 2. The van der Waals surface area contributed by atoms with Crippen LogP contribution in [0.4, 0.5) is 11.8 Å². The van der Waals surface area contributed by atoms with Gasteiger partial charge in [-0.2, -0.15) is 10.2 Å². The minimum absolute atomic E-state index is 0.00853. The van der Waals surface area contributed by atoms with Crippen molar-refractivity contribution < 1.29 is 4.74 Å². The highest BCUT2D eigenvalue weighted by atomic mass is 79.9. The Hall–Kier alpha value is -3.11. The van der Waals surface area contributed by atoms with E-state index in [1.807, 2.05) is 48.5 Å². The van der Waals surface area contributed by atoms with E-state index >= 15 is 0 Å². The molecule has 124 valence electrons. The zero-order valence-electron chi connectivity index (χ0n) is 13.1. The van der Waals surface area contributed by atoms with E-state index in [0.717, 1.165) is 10.0 Å². The summed E-state index contributed by atoms with van der Waals surface area (Å²) in [5.41, 5.74) is 13.7. The number of para-hydroxylation sites is 1. The second-order valence-electron chi connectivity index (χ2n) is 5.21. The van der Waals surface area contributed by atoms with Crippen LogP contribution in [0, 0.1) is 11.3 Å². The molecule has 0 radical (unpaired) electrons. The van der Waals surface area contributed by atoms with Gasteiger partial charge in [0.2, 0.25) is 5.95 Å². The van der Waals surface area contributed by atoms with E-state index in [2.05, 4.69) is 25.9 Å². The third kappa shape index (κ3) is 3.70. The first-order chi connectivity index (χ1) is 12.1. The van der Waals surface area contributed by atoms with Gasteiger partial charge in [-0.05, 0) is 29.8 Å². The van der Waals surface area contributed by atoms with Gasteiger partial charge in [0.05, 0.1) is 5.69 Å². The van der Waals surface area contributed by atoms with E-state index in [1.54, 1.807) is 6.07 Å². The van der Waals surface area contributed by atoms with Gasteiger partial charge in [-0.15, -0.1) is 0 Å². The molecule has 6 nitrogen and oxygen atoms in total. The first-order valence-electron chi connectivity index (χ1n) is 7.38. The van der Waals surface area contributed by atoms with Gasteiger partial charge >= 0.3 is 0 Å². The van der Waals surface area contributed by atoms with Crippen molar-refractivity contribution in [1.29, 1.82) is 5.26 Å². The maximum atomic E-state index is 9.38. The van der Waals surface area contributed by atoms with Crippen LogP contribution in [0.1, 0.15) is 11.1 Å². The molecular formula is C18H14BrN5O. The Labute approximate surface area is 153 Å². The highest BCUT2D eigenvalue weighted by Gasteiger charge is 2.16. The fourth-order valence-corrected chi connectivity index (χ4v) is 2.60. The van der Waals surface area contributed by atoms with Crippen molar-refractivity contribution in [2.45, 2.75) is 6.61 Å². The summed E-state index contributed by atoms with van der Waals surface area (Å²) in [5.74, 6) is 0.640. The first kappa shape index (κ1) is 16.7. The lowest BCUT2D eigenvalue weighted by atomic mass is 10.1. The number of benzene rings is 2. The van der Waals surface area contributed by atoms with E-state index < -0.39 is 0 Å². The predicted octanol–water partition coefficient (Wildman–Crippen LogP) is 3.52. The van der Waals surface area contributed by atoms with Gasteiger partial charge in [-0.3, -0.25) is 0 Å². The predicted molar refractivity (Wildman–Crippen MR) is 99.5 cm³/mol. The molecule has 0 fully saturated rings. The Kier molecular flexibility index (Phi) is 4.82. The van der Waals surface area contributed by atoms with Gasteiger partial charge in [0.25, 0.3) is 0 Å². The molecule has 0 spiro atoms. The van der Waals surface area contributed by atoms with E-state index in [0.29, 0.717) is 23.6 Å². The quantitative estimate of drug-likeness (QED) is 0.698. The number of nitrogens with two attached hydrogens (primary N) is 2. The van der Waals surface area contributed by atoms with E-state index in [4.69, 9.17) is 16.2 Å². The molecule has 0 saturated heterocycles. The molecule has 2 aromatic carbocycles. The van der Waals surface area contributed by atoms with Crippen LogP contribution in [-0.4, -0.2) is 9.97 Å². The topological polar surface area (TPSA) is 111 Å². The van der Waals surface area contributed by atoms with Crippen molar-refractivity contribution in [3.63, 3.8) is 0 Å². The molecule has 3 aromatic rings. The molecule has 3 rings (SSSR count). The number of anilines is 2. The molecule has 7 heteroatoms. The van der Waals surface area contributed by atoms with Crippen LogP contribution in [0.2, 0.25) is 0 Å². The van der Waals surface area contributed by atoms with Crippen molar-refractivity contribution in [2.75, 3.05) is 11.5 Å². The van der Waals surface area contributed by atoms with Crippen molar-refractivity contribution in [2.24, 2.45) is 0 Å². The molecule has 1 aromatic heterocycles. The van der Waals surface area contributed by atoms with Crippen LogP contribution in [0.5, 0.6) is 5.75 Å². The number of aromatic nitrogens is 2. The summed E-state index contributed by atoms with van der Waals surface area (Å²) in [7, 11) is 0. The summed E-state index contributed by atoms with van der Waals surface area (Å²) in [6.45, 7) is 0.377. The second-order valence-corrected chi connectivity index (χ2v) is 6.13. The maximum absolute atomic E-state index is 9.38. The molecule has 0 atom stereocenters. The largest absolute Gasteiger partial charge is 0.488 e. The third-order valence-corrected chi connectivity index (χ3v) is 4.04. The van der Waals surface area contributed by atoms with Crippen LogP contribution in [0.15, 0.2) is 53.0 Å². The molecule has 4 N–H and O–H groups in total.